The molecule has 0 spiro atoms. The first-order valence-corrected chi connectivity index (χ1v) is 5.33. The summed E-state index contributed by atoms with van der Waals surface area (Å²) in [5, 5.41) is 0. The van der Waals surface area contributed by atoms with Crippen molar-refractivity contribution in [1.29, 1.82) is 0 Å². The van der Waals surface area contributed by atoms with Gasteiger partial charge in [0.15, 0.2) is 11.6 Å². The van der Waals surface area contributed by atoms with Gasteiger partial charge in [-0.3, -0.25) is 4.79 Å². The van der Waals surface area contributed by atoms with Crippen molar-refractivity contribution in [2.24, 2.45) is 12.8 Å². The lowest BCUT2D eigenvalue weighted by Crippen LogP contribution is -2.11. The molecule has 3 nitrogen and oxygen atoms in total. The van der Waals surface area contributed by atoms with Gasteiger partial charge in [-0.15, -0.1) is 0 Å². The van der Waals surface area contributed by atoms with Gasteiger partial charge in [-0.05, 0) is 31.2 Å². The Morgan fingerprint density at radius 2 is 1.89 bits per heavy atom. The highest BCUT2D eigenvalue weighted by Crippen LogP contribution is 2.25. The van der Waals surface area contributed by atoms with E-state index in [0.29, 0.717) is 22.5 Å². The van der Waals surface area contributed by atoms with Crippen molar-refractivity contribution in [2.75, 3.05) is 0 Å². The topological polar surface area (TPSA) is 48.0 Å². The third kappa shape index (κ3) is 1.88. The molecule has 1 aromatic heterocycles. The van der Waals surface area contributed by atoms with Gasteiger partial charge >= 0.3 is 0 Å². The molecule has 1 amide bonds. The van der Waals surface area contributed by atoms with Gasteiger partial charge in [-0.25, -0.2) is 8.78 Å². The maximum Gasteiger partial charge on any atom is 0.250 e. The van der Waals surface area contributed by atoms with E-state index < -0.39 is 17.5 Å². The highest BCUT2D eigenvalue weighted by Gasteiger charge is 2.15. The lowest BCUT2D eigenvalue weighted by molar-refractivity contribution is 0.0999. The number of nitrogens with two attached hydrogens (primary N) is 1. The van der Waals surface area contributed by atoms with E-state index in [1.54, 1.807) is 24.6 Å². The van der Waals surface area contributed by atoms with Crippen LogP contribution in [0.2, 0.25) is 0 Å². The van der Waals surface area contributed by atoms with E-state index in [1.807, 2.05) is 0 Å². The van der Waals surface area contributed by atoms with Crippen LogP contribution in [0.25, 0.3) is 11.3 Å². The Kier molecular flexibility index (Phi) is 2.90. The lowest BCUT2D eigenvalue weighted by atomic mass is 10.1. The Morgan fingerprint density at radius 1 is 1.22 bits per heavy atom. The zero-order valence-corrected chi connectivity index (χ0v) is 10.00. The van der Waals surface area contributed by atoms with Gasteiger partial charge in [-0.2, -0.15) is 0 Å². The summed E-state index contributed by atoms with van der Waals surface area (Å²) in [4.78, 5) is 11.2. The summed E-state index contributed by atoms with van der Waals surface area (Å²) in [5.74, 6) is -2.37. The smallest absolute Gasteiger partial charge is 0.250 e. The number of carbonyl (C=O) groups is 1. The molecule has 0 aliphatic rings. The molecule has 1 heterocycles. The van der Waals surface area contributed by atoms with Crippen LogP contribution < -0.4 is 5.73 Å². The molecular formula is C13H12F2N2O. The zero-order valence-electron chi connectivity index (χ0n) is 10.00. The van der Waals surface area contributed by atoms with Crippen LogP contribution >= 0.6 is 0 Å². The molecule has 18 heavy (non-hydrogen) atoms. The predicted molar refractivity (Wildman–Crippen MR) is 64.0 cm³/mol. The van der Waals surface area contributed by atoms with Crippen LogP contribution in [0.15, 0.2) is 24.3 Å². The van der Waals surface area contributed by atoms with Crippen LogP contribution in [-0.4, -0.2) is 10.5 Å². The Hall–Kier alpha value is -2.17. The highest BCUT2D eigenvalue weighted by atomic mass is 19.2. The molecule has 2 N–H and O–H groups in total. The molecule has 0 saturated carbocycles. The molecule has 0 atom stereocenters. The Balaban J connectivity index is 2.61. The average Bonchev–Trinajstić information content (AvgIpc) is 2.60. The Morgan fingerprint density at radius 3 is 2.39 bits per heavy atom. The molecule has 0 fully saturated rings. The zero-order chi connectivity index (χ0) is 13.4. The standard InChI is InChI=1S/C13H12F2N2O/c1-7-9(13(16)18)6-12(17(7)2)8-3-4-10(14)11(15)5-8/h3-6H,1-2H3,(H2,16,18). The fourth-order valence-corrected chi connectivity index (χ4v) is 1.88. The van der Waals surface area contributed by atoms with E-state index >= 15 is 0 Å². The number of primary amides is 1. The SMILES string of the molecule is Cc1c(C(N)=O)cc(-c2ccc(F)c(F)c2)n1C. The van der Waals surface area contributed by atoms with Crippen molar-refractivity contribution in [2.45, 2.75) is 6.92 Å². The molecule has 0 aliphatic heterocycles. The van der Waals surface area contributed by atoms with Crippen molar-refractivity contribution >= 4 is 5.91 Å². The molecular weight excluding hydrogens is 238 g/mol. The molecule has 5 heteroatoms. The van der Waals surface area contributed by atoms with Crippen LogP contribution in [0.4, 0.5) is 8.78 Å². The van der Waals surface area contributed by atoms with Gasteiger partial charge in [-0.1, -0.05) is 0 Å². The fraction of sp³-hybridized carbons (Fsp3) is 0.154. The van der Waals surface area contributed by atoms with E-state index in [2.05, 4.69) is 0 Å². The number of carbonyl (C=O) groups excluding carboxylic acids is 1. The van der Waals surface area contributed by atoms with Crippen LogP contribution in [0.3, 0.4) is 0 Å². The second-order valence-corrected chi connectivity index (χ2v) is 4.08. The molecule has 94 valence electrons. The second-order valence-electron chi connectivity index (χ2n) is 4.08. The van der Waals surface area contributed by atoms with Crippen molar-refractivity contribution < 1.29 is 13.6 Å². The number of aromatic nitrogens is 1. The number of benzene rings is 1. The summed E-state index contributed by atoms with van der Waals surface area (Å²) in [5.41, 5.74) is 7.40. The van der Waals surface area contributed by atoms with E-state index in [9.17, 15) is 13.6 Å². The molecule has 0 saturated heterocycles. The molecule has 2 rings (SSSR count). The number of amides is 1. The van der Waals surface area contributed by atoms with Gasteiger partial charge < -0.3 is 10.3 Å². The summed E-state index contributed by atoms with van der Waals surface area (Å²) in [6.07, 6.45) is 0. The number of nitrogens with zero attached hydrogens (tertiary/aromatic N) is 1. The van der Waals surface area contributed by atoms with Crippen molar-refractivity contribution in [3.05, 3.63) is 47.2 Å². The number of hydrogen-bond donors (Lipinski definition) is 1. The van der Waals surface area contributed by atoms with Crippen molar-refractivity contribution in [3.63, 3.8) is 0 Å². The first-order chi connectivity index (χ1) is 8.41. The molecule has 0 aliphatic carbocycles. The van der Waals surface area contributed by atoms with Gasteiger partial charge in [0.2, 0.25) is 0 Å². The van der Waals surface area contributed by atoms with E-state index in [4.69, 9.17) is 5.73 Å². The summed E-state index contributed by atoms with van der Waals surface area (Å²) < 4.78 is 27.8. The molecule has 0 unspecified atom stereocenters. The summed E-state index contributed by atoms with van der Waals surface area (Å²) in [6.45, 7) is 1.74. The maximum absolute atomic E-state index is 13.2. The third-order valence-electron chi connectivity index (χ3n) is 3.02. The Bertz CT molecular complexity index is 632. The first-order valence-electron chi connectivity index (χ1n) is 5.33. The van der Waals surface area contributed by atoms with Crippen LogP contribution in [0.5, 0.6) is 0 Å². The Labute approximate surface area is 103 Å². The highest BCUT2D eigenvalue weighted by molar-refractivity contribution is 5.95. The summed E-state index contributed by atoms with van der Waals surface area (Å²) >= 11 is 0. The van der Waals surface area contributed by atoms with Gasteiger partial charge in [0.25, 0.3) is 5.91 Å². The molecule has 0 bridgehead atoms. The number of rotatable bonds is 2. The minimum Gasteiger partial charge on any atom is -0.366 e. The summed E-state index contributed by atoms with van der Waals surface area (Å²) in [6, 6.07) is 5.17. The summed E-state index contributed by atoms with van der Waals surface area (Å²) in [7, 11) is 1.73. The molecule has 2 aromatic rings. The fourth-order valence-electron chi connectivity index (χ4n) is 1.88. The van der Waals surface area contributed by atoms with Crippen LogP contribution in [-0.2, 0) is 7.05 Å². The monoisotopic (exact) mass is 250 g/mol. The van der Waals surface area contributed by atoms with Gasteiger partial charge in [0.05, 0.1) is 5.56 Å². The van der Waals surface area contributed by atoms with Crippen molar-refractivity contribution in [3.8, 4) is 11.3 Å². The largest absolute Gasteiger partial charge is 0.366 e. The van der Waals surface area contributed by atoms with Crippen LogP contribution in [0, 0.1) is 18.6 Å². The van der Waals surface area contributed by atoms with Gasteiger partial charge in [0, 0.05) is 24.0 Å². The van der Waals surface area contributed by atoms with Gasteiger partial charge in [0.1, 0.15) is 0 Å². The predicted octanol–water partition coefficient (Wildman–Crippen LogP) is 2.38. The minimum absolute atomic E-state index is 0.372. The van der Waals surface area contributed by atoms with E-state index in [1.165, 1.54) is 6.07 Å². The third-order valence-corrected chi connectivity index (χ3v) is 3.02. The maximum atomic E-state index is 13.2. The average molecular weight is 250 g/mol. The van der Waals surface area contributed by atoms with Crippen LogP contribution in [0.1, 0.15) is 16.1 Å². The van der Waals surface area contributed by atoms with E-state index in [-0.39, 0.29) is 0 Å². The quantitative estimate of drug-likeness (QED) is 0.874. The molecule has 0 radical (unpaired) electrons. The lowest BCUT2D eigenvalue weighted by Gasteiger charge is -2.05. The first kappa shape index (κ1) is 12.3. The number of hydrogen-bond acceptors (Lipinski definition) is 1. The second kappa shape index (κ2) is 4.25. The van der Waals surface area contributed by atoms with E-state index in [0.717, 1.165) is 12.1 Å². The molecule has 1 aromatic carbocycles. The minimum atomic E-state index is -0.924. The normalized spacial score (nSPS) is 10.7. The van der Waals surface area contributed by atoms with Crippen molar-refractivity contribution in [1.82, 2.24) is 4.57 Å². The number of halogens is 2.